The van der Waals surface area contributed by atoms with Crippen molar-refractivity contribution in [3.8, 4) is 6.07 Å². The number of benzene rings is 2. The molecule has 2 aliphatic rings. The number of hydrogen-bond acceptors (Lipinski definition) is 10. The molecule has 3 heterocycles. The first-order chi connectivity index (χ1) is 19.0. The van der Waals surface area contributed by atoms with E-state index in [1.54, 1.807) is 42.5 Å². The summed E-state index contributed by atoms with van der Waals surface area (Å²) < 4.78 is 15.6. The van der Waals surface area contributed by atoms with Crippen molar-refractivity contribution in [1.82, 2.24) is 14.9 Å². The van der Waals surface area contributed by atoms with E-state index in [4.69, 9.17) is 24.9 Å². The molecule has 0 spiro atoms. The van der Waals surface area contributed by atoms with E-state index in [0.717, 1.165) is 24.4 Å². The molecule has 1 unspecified atom stereocenters. The Morgan fingerprint density at radius 2 is 1.85 bits per heavy atom. The average Bonchev–Trinajstić information content (AvgIpc) is 3.38. The molecule has 39 heavy (non-hydrogen) atoms. The summed E-state index contributed by atoms with van der Waals surface area (Å²) in [6.07, 6.45) is 0. The minimum atomic E-state index is -0.926. The van der Waals surface area contributed by atoms with Gasteiger partial charge < -0.3 is 24.9 Å². The third kappa shape index (κ3) is 4.83. The van der Waals surface area contributed by atoms with Gasteiger partial charge in [-0.1, -0.05) is 30.3 Å². The van der Waals surface area contributed by atoms with E-state index in [-0.39, 0.29) is 22.7 Å². The zero-order valence-corrected chi connectivity index (χ0v) is 21.6. The van der Waals surface area contributed by atoms with Crippen LogP contribution in [0.15, 0.2) is 71.2 Å². The first-order valence-corrected chi connectivity index (χ1v) is 12.4. The Balaban J connectivity index is 1.65. The number of aromatic nitrogens is 2. The fraction of sp³-hybridized carbons (Fsp3) is 0.286. The Morgan fingerprint density at radius 1 is 1.13 bits per heavy atom. The molecule has 3 aromatic rings. The smallest absolute Gasteiger partial charge is 0.355 e. The fourth-order valence-electron chi connectivity index (χ4n) is 5.02. The van der Waals surface area contributed by atoms with Gasteiger partial charge in [0.1, 0.15) is 17.3 Å². The van der Waals surface area contributed by atoms with Gasteiger partial charge in [0.25, 0.3) is 0 Å². The van der Waals surface area contributed by atoms with E-state index in [9.17, 15) is 14.9 Å². The number of hydrogen-bond donors (Lipinski definition) is 2. The van der Waals surface area contributed by atoms with Crippen LogP contribution in [0.4, 0.5) is 5.69 Å². The van der Waals surface area contributed by atoms with Gasteiger partial charge in [0.05, 0.1) is 73.8 Å². The summed E-state index contributed by atoms with van der Waals surface area (Å²) in [6.45, 7) is 3.64. The van der Waals surface area contributed by atoms with Crippen LogP contribution in [-0.2, 0) is 30.3 Å². The summed E-state index contributed by atoms with van der Waals surface area (Å²) in [6, 6.07) is 16.3. The molecule has 1 aromatic heterocycles. The summed E-state index contributed by atoms with van der Waals surface area (Å²) in [5.74, 6) is -1.71. The van der Waals surface area contributed by atoms with Crippen LogP contribution in [0.25, 0.3) is 11.0 Å². The van der Waals surface area contributed by atoms with Crippen LogP contribution in [0.1, 0.15) is 17.3 Å². The van der Waals surface area contributed by atoms with E-state index in [1.165, 1.54) is 19.1 Å². The van der Waals surface area contributed by atoms with Gasteiger partial charge in [0, 0.05) is 13.1 Å². The van der Waals surface area contributed by atoms with E-state index in [0.29, 0.717) is 36.5 Å². The number of rotatable bonds is 6. The topological polar surface area (TPSA) is 147 Å². The van der Waals surface area contributed by atoms with Crippen molar-refractivity contribution in [1.29, 1.82) is 5.26 Å². The van der Waals surface area contributed by atoms with Crippen molar-refractivity contribution in [3.05, 3.63) is 82.6 Å². The standard InChI is InChI=1S/C28H28N6O5/c1-37-27(35)24-23(17-6-4-3-5-7-17)19(15-29)26(30)34(25(24)28(36)38-2)18-8-9-20-21(14-18)32-22(31-20)16-33-10-12-39-13-11-33/h3-9,14,23H,10-13,16,30H2,1-2H3,(H,31,32). The number of nitrogens with zero attached hydrogens (tertiary/aromatic N) is 4. The van der Waals surface area contributed by atoms with Gasteiger partial charge in [-0.05, 0) is 23.8 Å². The number of nitrogens with two attached hydrogens (primary N) is 1. The summed E-state index contributed by atoms with van der Waals surface area (Å²) in [5.41, 5.74) is 9.02. The molecule has 3 N–H and O–H groups in total. The van der Waals surface area contributed by atoms with Crippen molar-refractivity contribution in [2.24, 2.45) is 5.73 Å². The number of anilines is 1. The second-order valence-electron chi connectivity index (χ2n) is 9.11. The van der Waals surface area contributed by atoms with E-state index in [1.807, 2.05) is 6.07 Å². The zero-order valence-electron chi connectivity index (χ0n) is 21.6. The van der Waals surface area contributed by atoms with Crippen molar-refractivity contribution in [2.75, 3.05) is 45.4 Å². The van der Waals surface area contributed by atoms with Crippen molar-refractivity contribution >= 4 is 28.7 Å². The highest BCUT2D eigenvalue weighted by Crippen LogP contribution is 2.43. The molecule has 11 nitrogen and oxygen atoms in total. The van der Waals surface area contributed by atoms with Crippen LogP contribution in [0.3, 0.4) is 0 Å². The molecule has 200 valence electrons. The largest absolute Gasteiger partial charge is 0.466 e. The van der Waals surface area contributed by atoms with Gasteiger partial charge in [-0.3, -0.25) is 9.80 Å². The highest BCUT2D eigenvalue weighted by atomic mass is 16.5. The number of H-pyrrole nitrogens is 1. The van der Waals surface area contributed by atoms with E-state index < -0.39 is 17.9 Å². The van der Waals surface area contributed by atoms with Crippen LogP contribution in [0.5, 0.6) is 0 Å². The number of ether oxygens (including phenoxy) is 3. The van der Waals surface area contributed by atoms with Crippen molar-refractivity contribution in [3.63, 3.8) is 0 Å². The van der Waals surface area contributed by atoms with Crippen LogP contribution in [0, 0.1) is 11.3 Å². The van der Waals surface area contributed by atoms with Gasteiger partial charge in [-0.2, -0.15) is 5.26 Å². The second-order valence-corrected chi connectivity index (χ2v) is 9.11. The minimum absolute atomic E-state index is 0.00631. The molecule has 0 amide bonds. The summed E-state index contributed by atoms with van der Waals surface area (Å²) in [5, 5.41) is 10.2. The maximum atomic E-state index is 13.3. The average molecular weight is 529 g/mol. The van der Waals surface area contributed by atoms with Crippen LogP contribution < -0.4 is 10.6 Å². The number of morpholine rings is 1. The molecule has 1 fully saturated rings. The lowest BCUT2D eigenvalue weighted by Gasteiger charge is -2.35. The highest BCUT2D eigenvalue weighted by molar-refractivity contribution is 6.06. The molecule has 2 aromatic carbocycles. The number of nitrogens with one attached hydrogen (secondary N) is 1. The summed E-state index contributed by atoms with van der Waals surface area (Å²) in [4.78, 5) is 38.1. The maximum Gasteiger partial charge on any atom is 0.355 e. The monoisotopic (exact) mass is 528 g/mol. The van der Waals surface area contributed by atoms with Crippen LogP contribution >= 0.6 is 0 Å². The fourth-order valence-corrected chi connectivity index (χ4v) is 5.02. The molecule has 1 saturated heterocycles. The maximum absolute atomic E-state index is 13.3. The first-order valence-electron chi connectivity index (χ1n) is 12.4. The lowest BCUT2D eigenvalue weighted by atomic mass is 9.81. The number of esters is 2. The third-order valence-electron chi connectivity index (χ3n) is 6.86. The van der Waals surface area contributed by atoms with Gasteiger partial charge in [-0.15, -0.1) is 0 Å². The molecule has 1 atom stereocenters. The molecule has 5 rings (SSSR count). The van der Waals surface area contributed by atoms with Gasteiger partial charge >= 0.3 is 11.9 Å². The van der Waals surface area contributed by atoms with Crippen LogP contribution in [-0.4, -0.2) is 67.3 Å². The molecule has 0 aliphatic carbocycles. The Hall–Kier alpha value is -4.66. The summed E-state index contributed by atoms with van der Waals surface area (Å²) in [7, 11) is 2.44. The van der Waals surface area contributed by atoms with Gasteiger partial charge in [0.15, 0.2) is 0 Å². The van der Waals surface area contributed by atoms with Crippen molar-refractivity contribution < 1.29 is 23.8 Å². The Labute approximate surface area is 225 Å². The normalized spacial score (nSPS) is 18.3. The van der Waals surface area contributed by atoms with E-state index in [2.05, 4.69) is 16.0 Å². The number of carbonyl (C=O) groups is 2. The Kier molecular flexibility index (Phi) is 7.31. The third-order valence-corrected chi connectivity index (χ3v) is 6.86. The molecular formula is C28H28N6O5. The predicted molar refractivity (Wildman–Crippen MR) is 142 cm³/mol. The Morgan fingerprint density at radius 3 is 2.51 bits per heavy atom. The second kappa shape index (κ2) is 11.0. The lowest BCUT2D eigenvalue weighted by molar-refractivity contribution is -0.139. The highest BCUT2D eigenvalue weighted by Gasteiger charge is 2.43. The number of carbonyl (C=O) groups excluding carboxylic acids is 2. The SMILES string of the molecule is COC(=O)C1=C(C(=O)OC)N(c2ccc3nc(CN4CCOCC4)[nH]c3c2)C(N)=C(C#N)C1c1ccccc1. The molecule has 0 saturated carbocycles. The number of methoxy groups -OCH3 is 2. The van der Waals surface area contributed by atoms with Crippen molar-refractivity contribution in [2.45, 2.75) is 12.5 Å². The predicted octanol–water partition coefficient (Wildman–Crippen LogP) is 2.29. The number of nitriles is 1. The Bertz CT molecular complexity index is 1510. The minimum Gasteiger partial charge on any atom is -0.466 e. The van der Waals surface area contributed by atoms with Gasteiger partial charge in [-0.25, -0.2) is 14.6 Å². The molecule has 11 heteroatoms. The quantitative estimate of drug-likeness (QED) is 0.457. The number of imidazole rings is 1. The van der Waals surface area contributed by atoms with Gasteiger partial charge in [0.2, 0.25) is 0 Å². The lowest BCUT2D eigenvalue weighted by Crippen LogP contribution is -2.40. The molecule has 2 aliphatic heterocycles. The number of fused-ring (bicyclic) bond motifs is 1. The van der Waals surface area contributed by atoms with Crippen LogP contribution in [0.2, 0.25) is 0 Å². The zero-order chi connectivity index (χ0) is 27.5. The summed E-state index contributed by atoms with van der Waals surface area (Å²) >= 11 is 0. The first kappa shape index (κ1) is 26.0. The van der Waals surface area contributed by atoms with E-state index >= 15 is 0 Å². The molecule has 0 bridgehead atoms. The number of aromatic amines is 1. The molecular weight excluding hydrogens is 500 g/mol. The molecule has 0 radical (unpaired) electrons. The number of allylic oxidation sites excluding steroid dienone is 1.